The number of hydrogen-bond acceptors (Lipinski definition) is 5. The summed E-state index contributed by atoms with van der Waals surface area (Å²) in [7, 11) is -3.72. The average molecular weight is 396 g/mol. The highest BCUT2D eigenvalue weighted by Crippen LogP contribution is 2.28. The van der Waals surface area contributed by atoms with E-state index >= 15 is 0 Å². The summed E-state index contributed by atoms with van der Waals surface area (Å²) >= 11 is 0. The van der Waals surface area contributed by atoms with Crippen LogP contribution in [0, 0.1) is 12.8 Å². The number of ether oxygens (including phenoxy) is 1. The SMILES string of the molecule is Cc1ccc(C(=O)N2CCC(C(=O)O)C2C)cc1S(=O)(=O)N1CCOCC1. The maximum absolute atomic E-state index is 13.0. The quantitative estimate of drug-likeness (QED) is 0.813. The molecule has 9 heteroatoms. The van der Waals surface area contributed by atoms with E-state index in [1.165, 1.54) is 15.3 Å². The van der Waals surface area contributed by atoms with Crippen molar-refractivity contribution in [3.63, 3.8) is 0 Å². The second-order valence-electron chi connectivity index (χ2n) is 6.97. The molecule has 1 aromatic carbocycles. The van der Waals surface area contributed by atoms with Crippen LogP contribution in [-0.2, 0) is 19.6 Å². The number of nitrogens with zero attached hydrogens (tertiary/aromatic N) is 2. The van der Waals surface area contributed by atoms with Crippen molar-refractivity contribution in [1.82, 2.24) is 9.21 Å². The lowest BCUT2D eigenvalue weighted by Crippen LogP contribution is -2.41. The highest BCUT2D eigenvalue weighted by molar-refractivity contribution is 7.89. The Balaban J connectivity index is 1.89. The lowest BCUT2D eigenvalue weighted by molar-refractivity contribution is -0.142. The van der Waals surface area contributed by atoms with Crippen molar-refractivity contribution in [3.05, 3.63) is 29.3 Å². The Morgan fingerprint density at radius 1 is 1.19 bits per heavy atom. The minimum Gasteiger partial charge on any atom is -0.481 e. The Bertz CT molecular complexity index is 847. The van der Waals surface area contributed by atoms with Gasteiger partial charge in [-0.3, -0.25) is 9.59 Å². The van der Waals surface area contributed by atoms with E-state index in [0.29, 0.717) is 31.7 Å². The number of aliphatic carboxylic acids is 1. The molecule has 1 N–H and O–H groups in total. The van der Waals surface area contributed by atoms with Gasteiger partial charge in [0.1, 0.15) is 0 Å². The first-order valence-corrected chi connectivity index (χ1v) is 10.4. The number of carbonyl (C=O) groups excluding carboxylic acids is 1. The average Bonchev–Trinajstić information content (AvgIpc) is 3.03. The third-order valence-corrected chi connectivity index (χ3v) is 7.40. The Hall–Kier alpha value is -1.97. The molecule has 3 rings (SSSR count). The van der Waals surface area contributed by atoms with E-state index in [4.69, 9.17) is 4.74 Å². The van der Waals surface area contributed by atoms with Crippen LogP contribution in [0.1, 0.15) is 29.3 Å². The highest BCUT2D eigenvalue weighted by Gasteiger charge is 2.38. The van der Waals surface area contributed by atoms with Crippen LogP contribution >= 0.6 is 0 Å². The molecule has 0 aliphatic carbocycles. The first-order valence-electron chi connectivity index (χ1n) is 8.96. The van der Waals surface area contributed by atoms with Crippen LogP contribution in [0.5, 0.6) is 0 Å². The van der Waals surface area contributed by atoms with Crippen LogP contribution in [0.3, 0.4) is 0 Å². The third-order valence-electron chi connectivity index (χ3n) is 5.36. The Morgan fingerprint density at radius 2 is 1.85 bits per heavy atom. The molecule has 1 amide bonds. The molecule has 8 nitrogen and oxygen atoms in total. The van der Waals surface area contributed by atoms with Crippen molar-refractivity contribution in [3.8, 4) is 0 Å². The van der Waals surface area contributed by atoms with Gasteiger partial charge >= 0.3 is 5.97 Å². The third kappa shape index (κ3) is 3.71. The summed E-state index contributed by atoms with van der Waals surface area (Å²) in [6.07, 6.45) is 0.396. The molecule has 0 aromatic heterocycles. The fraction of sp³-hybridized carbons (Fsp3) is 0.556. The maximum Gasteiger partial charge on any atom is 0.308 e. The summed E-state index contributed by atoms with van der Waals surface area (Å²) < 4.78 is 32.5. The van der Waals surface area contributed by atoms with Crippen LogP contribution < -0.4 is 0 Å². The molecule has 2 aliphatic rings. The fourth-order valence-electron chi connectivity index (χ4n) is 3.66. The number of carboxylic acids is 1. The Kier molecular flexibility index (Phi) is 5.55. The molecule has 27 heavy (non-hydrogen) atoms. The summed E-state index contributed by atoms with van der Waals surface area (Å²) in [5, 5.41) is 9.25. The van der Waals surface area contributed by atoms with Crippen molar-refractivity contribution >= 4 is 21.9 Å². The molecule has 148 valence electrons. The Labute approximate surface area is 158 Å². The fourth-order valence-corrected chi connectivity index (χ4v) is 5.32. The number of sulfonamides is 1. The number of hydrogen-bond donors (Lipinski definition) is 1. The van der Waals surface area contributed by atoms with Gasteiger partial charge in [-0.05, 0) is 38.0 Å². The van der Waals surface area contributed by atoms with Crippen molar-refractivity contribution in [2.45, 2.75) is 31.2 Å². The molecule has 0 spiro atoms. The van der Waals surface area contributed by atoms with E-state index in [1.807, 2.05) is 0 Å². The van der Waals surface area contributed by atoms with Gasteiger partial charge in [-0.2, -0.15) is 4.31 Å². The molecule has 0 bridgehead atoms. The summed E-state index contributed by atoms with van der Waals surface area (Å²) in [6.45, 7) is 5.00. The van der Waals surface area contributed by atoms with Crippen LogP contribution in [0.25, 0.3) is 0 Å². The van der Waals surface area contributed by atoms with Gasteiger partial charge in [0.2, 0.25) is 10.0 Å². The van der Waals surface area contributed by atoms with E-state index < -0.39 is 28.0 Å². The number of morpholine rings is 1. The van der Waals surface area contributed by atoms with E-state index in [1.54, 1.807) is 26.0 Å². The second-order valence-corrected chi connectivity index (χ2v) is 8.88. The molecule has 0 saturated carbocycles. The minimum atomic E-state index is -3.72. The first-order chi connectivity index (χ1) is 12.7. The summed E-state index contributed by atoms with van der Waals surface area (Å²) in [4.78, 5) is 25.8. The number of carboxylic acid groups (broad SMARTS) is 1. The zero-order valence-corrected chi connectivity index (χ0v) is 16.2. The van der Waals surface area contributed by atoms with Crippen LogP contribution in [0.2, 0.25) is 0 Å². The van der Waals surface area contributed by atoms with Gasteiger partial charge in [-0.25, -0.2) is 8.42 Å². The highest BCUT2D eigenvalue weighted by atomic mass is 32.2. The molecule has 1 aromatic rings. The lowest BCUT2D eigenvalue weighted by atomic mass is 10.0. The molecular weight excluding hydrogens is 372 g/mol. The standard InChI is InChI=1S/C18H24N2O6S/c1-12-3-4-14(17(21)20-6-5-15(13(20)2)18(22)23)11-16(12)27(24,25)19-7-9-26-10-8-19/h3-4,11,13,15H,5-10H2,1-2H3,(H,22,23). The smallest absolute Gasteiger partial charge is 0.308 e. The van der Waals surface area contributed by atoms with Crippen molar-refractivity contribution in [2.24, 2.45) is 5.92 Å². The summed E-state index contributed by atoms with van der Waals surface area (Å²) in [5.41, 5.74) is 0.821. The molecule has 2 unspecified atom stereocenters. The molecule has 2 atom stereocenters. The monoisotopic (exact) mass is 396 g/mol. The normalized spacial score (nSPS) is 24.1. The largest absolute Gasteiger partial charge is 0.481 e. The summed E-state index contributed by atoms with van der Waals surface area (Å²) in [5.74, 6) is -1.86. The van der Waals surface area contributed by atoms with Gasteiger partial charge in [-0.1, -0.05) is 6.07 Å². The Morgan fingerprint density at radius 3 is 2.44 bits per heavy atom. The van der Waals surface area contributed by atoms with Gasteiger partial charge in [-0.15, -0.1) is 0 Å². The number of carbonyl (C=O) groups is 2. The molecule has 2 heterocycles. The molecule has 2 aliphatic heterocycles. The maximum atomic E-state index is 13.0. The zero-order valence-electron chi connectivity index (χ0n) is 15.4. The minimum absolute atomic E-state index is 0.108. The van der Waals surface area contributed by atoms with Crippen molar-refractivity contribution in [2.75, 3.05) is 32.8 Å². The van der Waals surface area contributed by atoms with Gasteiger partial charge in [0.15, 0.2) is 0 Å². The lowest BCUT2D eigenvalue weighted by Gasteiger charge is -2.27. The summed E-state index contributed by atoms with van der Waals surface area (Å²) in [6, 6.07) is 4.19. The number of benzene rings is 1. The second kappa shape index (κ2) is 7.57. The van der Waals surface area contributed by atoms with Crippen LogP contribution in [-0.4, -0.2) is 73.5 Å². The molecule has 0 radical (unpaired) electrons. The number of aryl methyl sites for hydroxylation is 1. The first kappa shape index (κ1) is 19.8. The van der Waals surface area contributed by atoms with Gasteiger partial charge in [0.05, 0.1) is 24.0 Å². The van der Waals surface area contributed by atoms with Crippen LogP contribution in [0.4, 0.5) is 0 Å². The van der Waals surface area contributed by atoms with Crippen molar-refractivity contribution in [1.29, 1.82) is 0 Å². The van der Waals surface area contributed by atoms with E-state index in [2.05, 4.69) is 0 Å². The van der Waals surface area contributed by atoms with Crippen molar-refractivity contribution < 1.29 is 27.9 Å². The zero-order chi connectivity index (χ0) is 19.8. The predicted octanol–water partition coefficient (Wildman–Crippen LogP) is 0.951. The molecule has 2 fully saturated rings. The van der Waals surface area contributed by atoms with Gasteiger partial charge < -0.3 is 14.7 Å². The van der Waals surface area contributed by atoms with E-state index in [0.717, 1.165) is 0 Å². The number of likely N-dealkylation sites (tertiary alicyclic amines) is 1. The van der Waals surface area contributed by atoms with E-state index in [9.17, 15) is 23.1 Å². The topological polar surface area (TPSA) is 104 Å². The molecule has 2 saturated heterocycles. The van der Waals surface area contributed by atoms with Gasteiger partial charge in [0, 0.05) is 31.2 Å². The predicted molar refractivity (Wildman–Crippen MR) is 97.0 cm³/mol. The van der Waals surface area contributed by atoms with Gasteiger partial charge in [0.25, 0.3) is 5.91 Å². The number of rotatable bonds is 4. The number of amides is 1. The van der Waals surface area contributed by atoms with Crippen LogP contribution in [0.15, 0.2) is 23.1 Å². The van der Waals surface area contributed by atoms with E-state index in [-0.39, 0.29) is 29.5 Å². The molecular formula is C18H24N2O6S.